The van der Waals surface area contributed by atoms with E-state index in [2.05, 4.69) is 73.4 Å². The Kier molecular flexibility index (Phi) is 5.75. The number of H-pyrrole nitrogens is 2. The minimum atomic E-state index is 0.616. The Labute approximate surface area is 212 Å². The minimum absolute atomic E-state index is 0.616. The van der Waals surface area contributed by atoms with Crippen molar-refractivity contribution in [2.24, 2.45) is 0 Å². The van der Waals surface area contributed by atoms with Gasteiger partial charge in [0, 0.05) is 45.7 Å². The Hall–Kier alpha value is -4.01. The van der Waals surface area contributed by atoms with Gasteiger partial charge in [-0.1, -0.05) is 6.07 Å². The Balaban J connectivity index is 1.37. The maximum atomic E-state index is 5.89. The molecule has 0 aliphatic heterocycles. The Morgan fingerprint density at radius 1 is 0.917 bits per heavy atom. The van der Waals surface area contributed by atoms with Gasteiger partial charge < -0.3 is 14.6 Å². The van der Waals surface area contributed by atoms with Gasteiger partial charge in [-0.25, -0.2) is 0 Å². The van der Waals surface area contributed by atoms with Crippen LogP contribution in [0.1, 0.15) is 4.88 Å². The van der Waals surface area contributed by atoms with E-state index in [0.717, 1.165) is 67.2 Å². The monoisotopic (exact) mass is 494 g/mol. The number of nitrogens with zero attached hydrogens (tertiary/aromatic N) is 4. The number of ether oxygens (including phenoxy) is 1. The maximum Gasteiger partial charge on any atom is 0.138 e. The Morgan fingerprint density at radius 2 is 1.81 bits per heavy atom. The molecule has 7 nitrogen and oxygen atoms in total. The zero-order valence-corrected chi connectivity index (χ0v) is 21.2. The third-order valence-electron chi connectivity index (χ3n) is 6.19. The number of thiophene rings is 1. The van der Waals surface area contributed by atoms with E-state index in [1.807, 2.05) is 38.6 Å². The van der Waals surface area contributed by atoms with Gasteiger partial charge >= 0.3 is 0 Å². The van der Waals surface area contributed by atoms with E-state index in [-0.39, 0.29) is 0 Å². The summed E-state index contributed by atoms with van der Waals surface area (Å²) in [5.41, 5.74) is 6.90. The summed E-state index contributed by atoms with van der Waals surface area (Å²) in [5.74, 6) is 0.765. The maximum absolute atomic E-state index is 5.89. The highest BCUT2D eigenvalue weighted by atomic mass is 32.1. The molecule has 2 N–H and O–H groups in total. The fraction of sp³-hybridized carbons (Fsp3) is 0.179. The van der Waals surface area contributed by atoms with Crippen molar-refractivity contribution in [1.29, 1.82) is 0 Å². The molecule has 6 aromatic rings. The summed E-state index contributed by atoms with van der Waals surface area (Å²) in [6.07, 6.45) is 5.48. The molecule has 0 saturated heterocycles. The number of fused-ring (bicyclic) bond motifs is 2. The summed E-state index contributed by atoms with van der Waals surface area (Å²) in [7, 11) is 4.06. The molecule has 1 aromatic carbocycles. The van der Waals surface area contributed by atoms with Crippen LogP contribution in [0.2, 0.25) is 0 Å². The topological polar surface area (TPSA) is 82.7 Å². The summed E-state index contributed by atoms with van der Waals surface area (Å²) in [6, 6.07) is 16.8. The smallest absolute Gasteiger partial charge is 0.138 e. The van der Waals surface area contributed by atoms with Gasteiger partial charge in [0.2, 0.25) is 0 Å². The van der Waals surface area contributed by atoms with Crippen LogP contribution >= 0.6 is 11.3 Å². The van der Waals surface area contributed by atoms with E-state index in [9.17, 15) is 0 Å². The molecule has 6 rings (SSSR count). The molecule has 0 aliphatic carbocycles. The van der Waals surface area contributed by atoms with Gasteiger partial charge in [-0.3, -0.25) is 15.1 Å². The highest BCUT2D eigenvalue weighted by Gasteiger charge is 2.15. The summed E-state index contributed by atoms with van der Waals surface area (Å²) in [5, 5.41) is 9.97. The van der Waals surface area contributed by atoms with E-state index in [1.165, 1.54) is 4.88 Å². The molecule has 0 spiro atoms. The first kappa shape index (κ1) is 22.5. The Morgan fingerprint density at radius 3 is 2.64 bits per heavy atom. The fourth-order valence-corrected chi connectivity index (χ4v) is 5.22. The molecule has 0 aliphatic rings. The summed E-state index contributed by atoms with van der Waals surface area (Å²) < 4.78 is 5.89. The molecule has 0 saturated carbocycles. The van der Waals surface area contributed by atoms with Crippen molar-refractivity contribution < 1.29 is 4.74 Å². The lowest BCUT2D eigenvalue weighted by molar-refractivity contribution is 0.261. The van der Waals surface area contributed by atoms with Crippen LogP contribution in [0.3, 0.4) is 0 Å². The number of benzene rings is 1. The standard InChI is InChI=1S/C28H26N6OS/c1-17-4-7-26(36-17)28-22-14-25(31-23(22)8-9-30-28)27-21-13-18(5-6-24(21)32-33-27)19-12-20(16-29-15-19)35-11-10-34(2)3/h4-9,12-16,31H,10-11H2,1-3H3,(H,32,33). The van der Waals surface area contributed by atoms with Gasteiger partial charge in [-0.15, -0.1) is 11.3 Å². The number of hydrogen-bond acceptors (Lipinski definition) is 6. The SMILES string of the molecule is Cc1ccc(-c2nccc3[nH]c(-c4n[nH]c5ccc(-c6cncc(OCCN(C)C)c6)cc45)cc23)s1. The first-order valence-electron chi connectivity index (χ1n) is 11.8. The molecule has 0 amide bonds. The van der Waals surface area contributed by atoms with Crippen molar-refractivity contribution in [3.8, 4) is 38.8 Å². The molecule has 8 heteroatoms. The largest absolute Gasteiger partial charge is 0.491 e. The number of pyridine rings is 2. The third kappa shape index (κ3) is 4.25. The predicted molar refractivity (Wildman–Crippen MR) is 147 cm³/mol. The molecule has 0 bridgehead atoms. The third-order valence-corrected chi connectivity index (χ3v) is 7.20. The van der Waals surface area contributed by atoms with Crippen molar-refractivity contribution >= 4 is 33.1 Å². The highest BCUT2D eigenvalue weighted by molar-refractivity contribution is 7.15. The molecule has 0 atom stereocenters. The lowest BCUT2D eigenvalue weighted by atomic mass is 10.0. The number of aromatic amines is 2. The van der Waals surface area contributed by atoms with Gasteiger partial charge in [0.05, 0.1) is 28.0 Å². The second-order valence-corrected chi connectivity index (χ2v) is 10.4. The van der Waals surface area contributed by atoms with E-state index in [0.29, 0.717) is 6.61 Å². The van der Waals surface area contributed by atoms with Crippen molar-refractivity contribution in [2.45, 2.75) is 6.92 Å². The predicted octanol–water partition coefficient (Wildman–Crippen LogP) is 6.15. The first-order chi connectivity index (χ1) is 17.5. The quantitative estimate of drug-likeness (QED) is 0.278. The van der Waals surface area contributed by atoms with Gasteiger partial charge in [0.15, 0.2) is 0 Å². The molecular weight excluding hydrogens is 468 g/mol. The van der Waals surface area contributed by atoms with Gasteiger partial charge in [-0.05, 0) is 69.0 Å². The molecule has 180 valence electrons. The number of hydrogen-bond donors (Lipinski definition) is 2. The van der Waals surface area contributed by atoms with Crippen molar-refractivity contribution in [1.82, 2.24) is 30.0 Å². The summed E-state index contributed by atoms with van der Waals surface area (Å²) >= 11 is 1.76. The lowest BCUT2D eigenvalue weighted by Crippen LogP contribution is -2.19. The van der Waals surface area contributed by atoms with Crippen LogP contribution in [0, 0.1) is 6.92 Å². The molecule has 5 aromatic heterocycles. The number of nitrogens with one attached hydrogen (secondary N) is 2. The molecule has 0 radical (unpaired) electrons. The van der Waals surface area contributed by atoms with Crippen LogP contribution < -0.4 is 4.74 Å². The highest BCUT2D eigenvalue weighted by Crippen LogP contribution is 2.36. The van der Waals surface area contributed by atoms with Gasteiger partial charge in [0.1, 0.15) is 18.1 Å². The average molecular weight is 495 g/mol. The average Bonchev–Trinajstić information content (AvgIpc) is 3.61. The summed E-state index contributed by atoms with van der Waals surface area (Å²) in [4.78, 5) is 17.2. The van der Waals surface area contributed by atoms with E-state index >= 15 is 0 Å². The minimum Gasteiger partial charge on any atom is -0.491 e. The normalized spacial score (nSPS) is 11.7. The Bertz CT molecular complexity index is 1680. The van der Waals surface area contributed by atoms with Crippen LogP contribution in [0.4, 0.5) is 0 Å². The van der Waals surface area contributed by atoms with Crippen LogP contribution in [0.15, 0.2) is 67.1 Å². The lowest BCUT2D eigenvalue weighted by Gasteiger charge is -2.11. The van der Waals surface area contributed by atoms with Crippen LogP contribution in [0.5, 0.6) is 5.75 Å². The van der Waals surface area contributed by atoms with Gasteiger partial charge in [0.25, 0.3) is 0 Å². The van der Waals surface area contributed by atoms with E-state index in [4.69, 9.17) is 4.74 Å². The van der Waals surface area contributed by atoms with Gasteiger partial charge in [-0.2, -0.15) is 5.10 Å². The van der Waals surface area contributed by atoms with Crippen LogP contribution in [0.25, 0.3) is 54.9 Å². The zero-order valence-electron chi connectivity index (χ0n) is 20.4. The second-order valence-electron chi connectivity index (χ2n) is 9.11. The number of rotatable bonds is 7. The number of aryl methyl sites for hydroxylation is 1. The molecule has 0 unspecified atom stereocenters. The molecule has 0 fully saturated rings. The molecular formula is C28H26N6OS. The van der Waals surface area contributed by atoms with E-state index < -0.39 is 0 Å². The van der Waals surface area contributed by atoms with Crippen molar-refractivity contribution in [3.05, 3.63) is 72.0 Å². The van der Waals surface area contributed by atoms with Crippen molar-refractivity contribution in [2.75, 3.05) is 27.2 Å². The first-order valence-corrected chi connectivity index (χ1v) is 12.6. The second kappa shape index (κ2) is 9.22. The number of likely N-dealkylation sites (N-methyl/N-ethyl adjacent to an activating group) is 1. The fourth-order valence-electron chi connectivity index (χ4n) is 4.34. The zero-order chi connectivity index (χ0) is 24.6. The summed E-state index contributed by atoms with van der Waals surface area (Å²) in [6.45, 7) is 3.58. The van der Waals surface area contributed by atoms with Crippen LogP contribution in [-0.2, 0) is 0 Å². The van der Waals surface area contributed by atoms with Crippen LogP contribution in [-0.4, -0.2) is 57.3 Å². The molecule has 36 heavy (non-hydrogen) atoms. The van der Waals surface area contributed by atoms with E-state index in [1.54, 1.807) is 17.5 Å². The van der Waals surface area contributed by atoms with Crippen molar-refractivity contribution in [3.63, 3.8) is 0 Å². The molecule has 5 heterocycles. The number of aromatic nitrogens is 5.